The summed E-state index contributed by atoms with van der Waals surface area (Å²) in [7, 11) is 0. The zero-order valence-electron chi connectivity index (χ0n) is 12.5. The van der Waals surface area contributed by atoms with Crippen molar-refractivity contribution in [3.8, 4) is 0 Å². The molecule has 1 heterocycles. The molecule has 4 heteroatoms. The molecule has 0 aromatic rings. The Labute approximate surface area is 115 Å². The summed E-state index contributed by atoms with van der Waals surface area (Å²) >= 11 is 0. The van der Waals surface area contributed by atoms with Crippen molar-refractivity contribution >= 4 is 5.97 Å². The Kier molecular flexibility index (Phi) is 4.21. The van der Waals surface area contributed by atoms with Crippen LogP contribution in [-0.2, 0) is 19.0 Å². The van der Waals surface area contributed by atoms with Crippen LogP contribution in [0.15, 0.2) is 0 Å². The molecule has 0 radical (unpaired) electrons. The third-order valence-electron chi connectivity index (χ3n) is 4.67. The van der Waals surface area contributed by atoms with Crippen LogP contribution in [0, 0.1) is 5.92 Å². The third-order valence-corrected chi connectivity index (χ3v) is 4.67. The maximum atomic E-state index is 11.6. The summed E-state index contributed by atoms with van der Waals surface area (Å²) in [5.41, 5.74) is -0.342. The average Bonchev–Trinajstić information content (AvgIpc) is 3.11. The lowest BCUT2D eigenvalue weighted by Crippen LogP contribution is -2.51. The van der Waals surface area contributed by atoms with Crippen LogP contribution in [0.5, 0.6) is 0 Å². The molecule has 2 fully saturated rings. The van der Waals surface area contributed by atoms with Gasteiger partial charge in [0, 0.05) is 13.0 Å². The molecule has 0 aromatic carbocycles. The second-order valence-corrected chi connectivity index (χ2v) is 6.15. The van der Waals surface area contributed by atoms with Crippen molar-refractivity contribution in [2.24, 2.45) is 5.92 Å². The monoisotopic (exact) mass is 270 g/mol. The van der Waals surface area contributed by atoms with Gasteiger partial charge in [-0.15, -0.1) is 0 Å². The van der Waals surface area contributed by atoms with Crippen LogP contribution in [0.4, 0.5) is 0 Å². The Balaban J connectivity index is 2.06. The largest absolute Gasteiger partial charge is 0.459 e. The first-order valence-corrected chi connectivity index (χ1v) is 7.41. The molecule has 1 saturated carbocycles. The van der Waals surface area contributed by atoms with Crippen molar-refractivity contribution in [1.82, 2.24) is 0 Å². The number of carbonyl (C=O) groups excluding carboxylic acids is 1. The highest BCUT2D eigenvalue weighted by molar-refractivity contribution is 5.69. The van der Waals surface area contributed by atoms with Gasteiger partial charge in [-0.25, -0.2) is 0 Å². The lowest BCUT2D eigenvalue weighted by molar-refractivity contribution is -0.184. The van der Waals surface area contributed by atoms with Crippen molar-refractivity contribution in [3.63, 3.8) is 0 Å². The van der Waals surface area contributed by atoms with E-state index in [1.54, 1.807) is 0 Å². The van der Waals surface area contributed by atoms with Crippen molar-refractivity contribution < 1.29 is 19.0 Å². The molecule has 0 aromatic heterocycles. The van der Waals surface area contributed by atoms with Gasteiger partial charge in [-0.3, -0.25) is 4.79 Å². The number of esters is 1. The summed E-state index contributed by atoms with van der Waals surface area (Å²) < 4.78 is 17.1. The maximum absolute atomic E-state index is 11.6. The summed E-state index contributed by atoms with van der Waals surface area (Å²) in [6.45, 7) is 9.51. The van der Waals surface area contributed by atoms with Gasteiger partial charge in [0.15, 0.2) is 0 Å². The standard InChI is InChI=1S/C15H26O4/c1-5-13(16)19-12-9-11(15(4)10-18-15)7-8-14(12,3)17-6-2/h11-12H,5-10H2,1-4H3/t11?,12-,14-,15?/m0/s1. The van der Waals surface area contributed by atoms with Crippen LogP contribution in [0.2, 0.25) is 0 Å². The second-order valence-electron chi connectivity index (χ2n) is 6.15. The molecule has 110 valence electrons. The molecule has 2 unspecified atom stereocenters. The molecular formula is C15H26O4. The molecule has 4 atom stereocenters. The van der Waals surface area contributed by atoms with E-state index in [1.165, 1.54) is 0 Å². The van der Waals surface area contributed by atoms with E-state index in [4.69, 9.17) is 14.2 Å². The average molecular weight is 270 g/mol. The predicted octanol–water partition coefficient (Wildman–Crippen LogP) is 2.69. The molecular weight excluding hydrogens is 244 g/mol. The number of hydrogen-bond acceptors (Lipinski definition) is 4. The van der Waals surface area contributed by atoms with Gasteiger partial charge in [0.25, 0.3) is 0 Å². The van der Waals surface area contributed by atoms with Crippen LogP contribution < -0.4 is 0 Å². The molecule has 0 spiro atoms. The van der Waals surface area contributed by atoms with Gasteiger partial charge < -0.3 is 14.2 Å². The summed E-state index contributed by atoms with van der Waals surface area (Å²) in [6.07, 6.45) is 3.11. The Morgan fingerprint density at radius 1 is 1.37 bits per heavy atom. The second kappa shape index (κ2) is 5.41. The van der Waals surface area contributed by atoms with Gasteiger partial charge >= 0.3 is 5.97 Å². The molecule has 1 aliphatic heterocycles. The number of ether oxygens (including phenoxy) is 3. The number of epoxide rings is 1. The van der Waals surface area contributed by atoms with Gasteiger partial charge in [-0.1, -0.05) is 6.92 Å². The third kappa shape index (κ3) is 3.11. The van der Waals surface area contributed by atoms with Crippen molar-refractivity contribution in [2.75, 3.05) is 13.2 Å². The highest BCUT2D eigenvalue weighted by Gasteiger charge is 2.53. The van der Waals surface area contributed by atoms with Crippen molar-refractivity contribution in [2.45, 2.75) is 70.7 Å². The first kappa shape index (κ1) is 14.8. The lowest BCUT2D eigenvalue weighted by atomic mass is 9.72. The van der Waals surface area contributed by atoms with Gasteiger partial charge in [-0.2, -0.15) is 0 Å². The zero-order valence-corrected chi connectivity index (χ0v) is 12.5. The topological polar surface area (TPSA) is 48.1 Å². The van der Waals surface area contributed by atoms with Gasteiger partial charge in [0.2, 0.25) is 0 Å². The maximum Gasteiger partial charge on any atom is 0.305 e. The SMILES string of the molecule is CCO[C@@]1(C)CCC(C2(C)CO2)C[C@@H]1OC(=O)CC. The summed E-state index contributed by atoms with van der Waals surface area (Å²) in [6, 6.07) is 0. The van der Waals surface area contributed by atoms with Crippen molar-refractivity contribution in [1.29, 1.82) is 0 Å². The van der Waals surface area contributed by atoms with E-state index in [9.17, 15) is 4.79 Å². The van der Waals surface area contributed by atoms with E-state index >= 15 is 0 Å². The Morgan fingerprint density at radius 3 is 2.58 bits per heavy atom. The molecule has 4 nitrogen and oxygen atoms in total. The molecule has 1 aliphatic carbocycles. The van der Waals surface area contributed by atoms with Crippen LogP contribution in [0.25, 0.3) is 0 Å². The first-order valence-electron chi connectivity index (χ1n) is 7.41. The first-order chi connectivity index (χ1) is 8.93. The van der Waals surface area contributed by atoms with E-state index in [0.717, 1.165) is 25.9 Å². The van der Waals surface area contributed by atoms with Crippen LogP contribution in [0.1, 0.15) is 53.4 Å². The Bertz CT molecular complexity index is 337. The van der Waals surface area contributed by atoms with Crippen LogP contribution in [-0.4, -0.2) is 36.5 Å². The van der Waals surface area contributed by atoms with Gasteiger partial charge in [0.05, 0.1) is 12.2 Å². The Hall–Kier alpha value is -0.610. The van der Waals surface area contributed by atoms with Crippen LogP contribution in [0.3, 0.4) is 0 Å². The zero-order chi connectivity index (χ0) is 14.1. The normalized spacial score (nSPS) is 41.9. The molecule has 1 saturated heterocycles. The fraction of sp³-hybridized carbons (Fsp3) is 0.933. The van der Waals surface area contributed by atoms with E-state index in [-0.39, 0.29) is 23.3 Å². The van der Waals surface area contributed by atoms with Gasteiger partial charge in [-0.05, 0) is 46.0 Å². The van der Waals surface area contributed by atoms with E-state index < -0.39 is 0 Å². The fourth-order valence-electron chi connectivity index (χ4n) is 3.06. The minimum absolute atomic E-state index is 0.00438. The van der Waals surface area contributed by atoms with E-state index in [2.05, 4.69) is 13.8 Å². The quantitative estimate of drug-likeness (QED) is 0.569. The van der Waals surface area contributed by atoms with Crippen LogP contribution >= 0.6 is 0 Å². The summed E-state index contributed by atoms with van der Waals surface area (Å²) in [5.74, 6) is 0.328. The number of rotatable bonds is 5. The molecule has 0 amide bonds. The molecule has 0 N–H and O–H groups in total. The molecule has 2 rings (SSSR count). The minimum Gasteiger partial charge on any atom is -0.459 e. The summed E-state index contributed by atoms with van der Waals surface area (Å²) in [5, 5.41) is 0. The number of hydrogen-bond donors (Lipinski definition) is 0. The smallest absolute Gasteiger partial charge is 0.305 e. The summed E-state index contributed by atoms with van der Waals surface area (Å²) in [4.78, 5) is 11.6. The van der Waals surface area contributed by atoms with E-state index in [0.29, 0.717) is 18.9 Å². The Morgan fingerprint density at radius 2 is 2.05 bits per heavy atom. The fourth-order valence-corrected chi connectivity index (χ4v) is 3.06. The highest BCUT2D eigenvalue weighted by atomic mass is 16.6. The highest BCUT2D eigenvalue weighted by Crippen LogP contribution is 2.47. The van der Waals surface area contributed by atoms with Gasteiger partial charge in [0.1, 0.15) is 11.7 Å². The minimum atomic E-state index is -0.346. The molecule has 0 bridgehead atoms. The van der Waals surface area contributed by atoms with Crippen molar-refractivity contribution in [3.05, 3.63) is 0 Å². The molecule has 19 heavy (non-hydrogen) atoms. The molecule has 2 aliphatic rings. The lowest BCUT2D eigenvalue weighted by Gasteiger charge is -2.44. The predicted molar refractivity (Wildman–Crippen MR) is 71.9 cm³/mol. The number of carbonyl (C=O) groups is 1. The van der Waals surface area contributed by atoms with E-state index in [1.807, 2.05) is 13.8 Å².